The Morgan fingerprint density at radius 3 is 2.89 bits per heavy atom. The second kappa shape index (κ2) is 5.69. The maximum Gasteiger partial charge on any atom is 0.292 e. The average Bonchev–Trinajstić information content (AvgIpc) is 3.14. The molecule has 1 aromatic rings. The number of nitrogens with zero attached hydrogens (tertiary/aromatic N) is 2. The van der Waals surface area contributed by atoms with Crippen molar-refractivity contribution in [1.82, 2.24) is 20.8 Å². The minimum atomic E-state index is -0.222. The van der Waals surface area contributed by atoms with E-state index in [1.54, 1.807) is 0 Å². The third-order valence-electron chi connectivity index (χ3n) is 4.03. The minimum absolute atomic E-state index is 0.115. The van der Waals surface area contributed by atoms with E-state index in [-0.39, 0.29) is 17.8 Å². The molecule has 2 fully saturated rings. The van der Waals surface area contributed by atoms with E-state index in [1.165, 1.54) is 25.7 Å². The summed E-state index contributed by atoms with van der Waals surface area (Å²) in [4.78, 5) is 16.1. The lowest BCUT2D eigenvalue weighted by Crippen LogP contribution is -2.29. The molecular weight excluding hydrogens is 244 g/mol. The van der Waals surface area contributed by atoms with Crippen molar-refractivity contribution < 1.29 is 9.32 Å². The predicted molar refractivity (Wildman–Crippen MR) is 68.6 cm³/mol. The van der Waals surface area contributed by atoms with Crippen LogP contribution in [0.15, 0.2) is 4.52 Å². The summed E-state index contributed by atoms with van der Waals surface area (Å²) in [6.07, 6.45) is 7.08. The van der Waals surface area contributed by atoms with Crippen LogP contribution in [0.3, 0.4) is 0 Å². The molecule has 1 amide bonds. The zero-order chi connectivity index (χ0) is 13.1. The normalized spacial score (nSPS) is 23.9. The standard InChI is InChI=1S/C13H20N4O2/c18-12(15-8-9-4-1-2-5-9)11-16-13(19-17-11)10-6-3-7-14-10/h9-10,14H,1-8H2,(H,15,18). The lowest BCUT2D eigenvalue weighted by atomic mass is 10.1. The van der Waals surface area contributed by atoms with Crippen molar-refractivity contribution in [2.45, 2.75) is 44.6 Å². The third kappa shape index (κ3) is 2.94. The highest BCUT2D eigenvalue weighted by Crippen LogP contribution is 2.24. The molecule has 2 heterocycles. The number of carbonyl (C=O) groups is 1. The Bertz CT molecular complexity index is 434. The van der Waals surface area contributed by atoms with Crippen molar-refractivity contribution in [1.29, 1.82) is 0 Å². The number of aromatic nitrogens is 2. The number of carbonyl (C=O) groups excluding carboxylic acids is 1. The van der Waals surface area contributed by atoms with Gasteiger partial charge in [-0.15, -0.1) is 0 Å². The molecule has 0 aromatic carbocycles. The summed E-state index contributed by atoms with van der Waals surface area (Å²) in [5.74, 6) is 1.08. The third-order valence-corrected chi connectivity index (χ3v) is 4.03. The molecule has 1 aliphatic carbocycles. The van der Waals surface area contributed by atoms with Crippen molar-refractivity contribution in [3.05, 3.63) is 11.7 Å². The van der Waals surface area contributed by atoms with Crippen LogP contribution in [0.2, 0.25) is 0 Å². The summed E-state index contributed by atoms with van der Waals surface area (Å²) >= 11 is 0. The molecule has 1 aromatic heterocycles. The van der Waals surface area contributed by atoms with E-state index >= 15 is 0 Å². The van der Waals surface area contributed by atoms with Crippen LogP contribution < -0.4 is 10.6 Å². The largest absolute Gasteiger partial charge is 0.349 e. The van der Waals surface area contributed by atoms with Gasteiger partial charge in [0.1, 0.15) is 0 Å². The Kier molecular flexibility index (Phi) is 3.77. The van der Waals surface area contributed by atoms with Crippen LogP contribution in [-0.2, 0) is 0 Å². The van der Waals surface area contributed by atoms with Gasteiger partial charge in [0.15, 0.2) is 0 Å². The first-order chi connectivity index (χ1) is 9.33. The second-order valence-corrected chi connectivity index (χ2v) is 5.47. The maximum atomic E-state index is 11.9. The van der Waals surface area contributed by atoms with E-state index < -0.39 is 0 Å². The summed E-state index contributed by atoms with van der Waals surface area (Å²) < 4.78 is 5.16. The van der Waals surface area contributed by atoms with E-state index in [2.05, 4.69) is 20.8 Å². The fourth-order valence-corrected chi connectivity index (χ4v) is 2.89. The van der Waals surface area contributed by atoms with E-state index in [1.807, 2.05) is 0 Å². The van der Waals surface area contributed by atoms with Gasteiger partial charge < -0.3 is 15.2 Å². The fourth-order valence-electron chi connectivity index (χ4n) is 2.89. The molecule has 6 nitrogen and oxygen atoms in total. The molecule has 0 bridgehead atoms. The molecule has 2 aliphatic rings. The van der Waals surface area contributed by atoms with Crippen molar-refractivity contribution in [2.24, 2.45) is 5.92 Å². The molecule has 104 valence electrons. The number of hydrogen-bond donors (Lipinski definition) is 2. The van der Waals surface area contributed by atoms with Crippen LogP contribution in [-0.4, -0.2) is 29.1 Å². The highest BCUT2D eigenvalue weighted by molar-refractivity contribution is 5.90. The SMILES string of the molecule is O=C(NCC1CCCC1)c1noc(C2CCCN2)n1. The molecule has 19 heavy (non-hydrogen) atoms. The molecule has 1 atom stereocenters. The van der Waals surface area contributed by atoms with Gasteiger partial charge in [-0.2, -0.15) is 4.98 Å². The van der Waals surface area contributed by atoms with Crippen LogP contribution in [0.1, 0.15) is 61.1 Å². The second-order valence-electron chi connectivity index (χ2n) is 5.47. The first kappa shape index (κ1) is 12.6. The minimum Gasteiger partial charge on any atom is -0.349 e. The lowest BCUT2D eigenvalue weighted by Gasteiger charge is -2.08. The van der Waals surface area contributed by atoms with Crippen LogP contribution >= 0.6 is 0 Å². The van der Waals surface area contributed by atoms with E-state index in [4.69, 9.17) is 4.52 Å². The summed E-state index contributed by atoms with van der Waals surface area (Å²) in [6.45, 7) is 1.70. The Morgan fingerprint density at radius 1 is 1.32 bits per heavy atom. The first-order valence-corrected chi connectivity index (χ1v) is 7.18. The molecule has 1 saturated carbocycles. The van der Waals surface area contributed by atoms with Crippen molar-refractivity contribution in [3.8, 4) is 0 Å². The summed E-state index contributed by atoms with van der Waals surface area (Å²) in [7, 11) is 0. The van der Waals surface area contributed by atoms with Crippen LogP contribution in [0.5, 0.6) is 0 Å². The number of amides is 1. The molecule has 6 heteroatoms. The zero-order valence-electron chi connectivity index (χ0n) is 11.0. The summed E-state index contributed by atoms with van der Waals surface area (Å²) in [5, 5.41) is 9.94. The topological polar surface area (TPSA) is 80.0 Å². The van der Waals surface area contributed by atoms with E-state index in [0.29, 0.717) is 11.8 Å². The Hall–Kier alpha value is -1.43. The molecular formula is C13H20N4O2. The first-order valence-electron chi connectivity index (χ1n) is 7.18. The van der Waals surface area contributed by atoms with Crippen LogP contribution in [0, 0.1) is 5.92 Å². The molecule has 3 rings (SSSR count). The number of hydrogen-bond acceptors (Lipinski definition) is 5. The average molecular weight is 264 g/mol. The fraction of sp³-hybridized carbons (Fsp3) is 0.769. The van der Waals surface area contributed by atoms with Gasteiger partial charge in [0.05, 0.1) is 6.04 Å². The highest BCUT2D eigenvalue weighted by atomic mass is 16.5. The smallest absolute Gasteiger partial charge is 0.292 e. The lowest BCUT2D eigenvalue weighted by molar-refractivity contribution is 0.0934. The Morgan fingerprint density at radius 2 is 2.16 bits per heavy atom. The van der Waals surface area contributed by atoms with Gasteiger partial charge in [-0.3, -0.25) is 4.79 Å². The van der Waals surface area contributed by atoms with Crippen molar-refractivity contribution in [2.75, 3.05) is 13.1 Å². The van der Waals surface area contributed by atoms with Gasteiger partial charge in [0, 0.05) is 6.54 Å². The Labute approximate surface area is 112 Å². The molecule has 0 spiro atoms. The predicted octanol–water partition coefficient (Wildman–Crippen LogP) is 1.41. The van der Waals surface area contributed by atoms with Crippen molar-refractivity contribution in [3.63, 3.8) is 0 Å². The summed E-state index contributed by atoms with van der Waals surface area (Å²) in [5.41, 5.74) is 0. The van der Waals surface area contributed by atoms with Gasteiger partial charge in [-0.05, 0) is 38.1 Å². The van der Waals surface area contributed by atoms with Crippen LogP contribution in [0.25, 0.3) is 0 Å². The highest BCUT2D eigenvalue weighted by Gasteiger charge is 2.24. The number of nitrogens with one attached hydrogen (secondary N) is 2. The van der Waals surface area contributed by atoms with E-state index in [9.17, 15) is 4.79 Å². The Balaban J connectivity index is 1.54. The van der Waals surface area contributed by atoms with Gasteiger partial charge >= 0.3 is 0 Å². The van der Waals surface area contributed by atoms with Gasteiger partial charge in [0.2, 0.25) is 5.89 Å². The number of rotatable bonds is 4. The van der Waals surface area contributed by atoms with Gasteiger partial charge in [-0.25, -0.2) is 0 Å². The maximum absolute atomic E-state index is 11.9. The van der Waals surface area contributed by atoms with Gasteiger partial charge in [-0.1, -0.05) is 18.0 Å². The molecule has 1 aliphatic heterocycles. The molecule has 1 unspecified atom stereocenters. The van der Waals surface area contributed by atoms with E-state index in [0.717, 1.165) is 25.9 Å². The quantitative estimate of drug-likeness (QED) is 0.859. The molecule has 2 N–H and O–H groups in total. The summed E-state index contributed by atoms with van der Waals surface area (Å²) in [6, 6.07) is 0.115. The molecule has 1 saturated heterocycles. The van der Waals surface area contributed by atoms with Gasteiger partial charge in [0.25, 0.3) is 11.7 Å². The molecule has 0 radical (unpaired) electrons. The van der Waals surface area contributed by atoms with Crippen molar-refractivity contribution >= 4 is 5.91 Å². The zero-order valence-corrected chi connectivity index (χ0v) is 11.0. The monoisotopic (exact) mass is 264 g/mol. The van der Waals surface area contributed by atoms with Crippen LogP contribution in [0.4, 0.5) is 0 Å².